The fourth-order valence-corrected chi connectivity index (χ4v) is 3.87. The third-order valence-corrected chi connectivity index (χ3v) is 5.59. The van der Waals surface area contributed by atoms with Gasteiger partial charge < -0.3 is 9.47 Å². The molecule has 36 heavy (non-hydrogen) atoms. The van der Waals surface area contributed by atoms with Crippen LogP contribution in [0.3, 0.4) is 0 Å². The molecule has 0 atom stereocenters. The van der Waals surface area contributed by atoms with E-state index >= 15 is 0 Å². The Morgan fingerprint density at radius 3 is 2.72 bits per heavy atom. The van der Waals surface area contributed by atoms with Crippen LogP contribution in [-0.2, 0) is 19.3 Å². The zero-order chi connectivity index (χ0) is 24.7. The van der Waals surface area contributed by atoms with Crippen molar-refractivity contribution in [1.82, 2.24) is 44.9 Å². The zero-order valence-corrected chi connectivity index (χ0v) is 18.4. The highest BCUT2D eigenvalue weighted by molar-refractivity contribution is 5.79. The standard InChI is InChI=1S/C23H15F3N10/c24-23(25,26)21-34-33-19-13-35(9-10-36(19)21)22-28-8-6-18(31-22)20-27-7-5-16(30-20)3-1-14-2-4-17-15(11-14)12-29-32-17/h2,4-8,11-12H,9-10,13H2,(H,29,32). The monoisotopic (exact) mass is 488 g/mol. The van der Waals surface area contributed by atoms with E-state index in [-0.39, 0.29) is 25.5 Å². The van der Waals surface area contributed by atoms with Gasteiger partial charge in [0.1, 0.15) is 11.4 Å². The topological polar surface area (TPSA) is 114 Å². The maximum atomic E-state index is 13.1. The van der Waals surface area contributed by atoms with Gasteiger partial charge in [-0.05, 0) is 36.3 Å². The van der Waals surface area contributed by atoms with E-state index in [1.807, 2.05) is 18.2 Å². The van der Waals surface area contributed by atoms with Crippen LogP contribution in [-0.4, -0.2) is 51.4 Å². The maximum Gasteiger partial charge on any atom is 0.451 e. The van der Waals surface area contributed by atoms with Crippen LogP contribution in [0, 0.1) is 11.8 Å². The van der Waals surface area contributed by atoms with Gasteiger partial charge in [-0.3, -0.25) is 5.10 Å². The molecule has 5 heterocycles. The fraction of sp³-hybridized carbons (Fsp3) is 0.174. The molecular formula is C23H15F3N10. The van der Waals surface area contributed by atoms with Crippen molar-refractivity contribution >= 4 is 16.9 Å². The molecule has 0 bridgehead atoms. The number of aromatic nitrogens is 9. The first-order valence-corrected chi connectivity index (χ1v) is 10.8. The second-order valence-electron chi connectivity index (χ2n) is 7.94. The number of halogens is 3. The molecule has 0 saturated heterocycles. The van der Waals surface area contributed by atoms with Crippen molar-refractivity contribution in [1.29, 1.82) is 0 Å². The molecule has 13 heteroatoms. The lowest BCUT2D eigenvalue weighted by molar-refractivity contribution is -0.147. The number of nitrogens with one attached hydrogen (secondary N) is 1. The largest absolute Gasteiger partial charge is 0.451 e. The Kier molecular flexibility index (Phi) is 5.06. The first-order chi connectivity index (χ1) is 17.4. The van der Waals surface area contributed by atoms with Gasteiger partial charge in [0, 0.05) is 36.4 Å². The molecule has 0 radical (unpaired) electrons. The molecule has 0 amide bonds. The molecule has 0 spiro atoms. The smallest absolute Gasteiger partial charge is 0.331 e. The average Bonchev–Trinajstić information content (AvgIpc) is 3.54. The summed E-state index contributed by atoms with van der Waals surface area (Å²) in [5.41, 5.74) is 2.73. The van der Waals surface area contributed by atoms with E-state index in [4.69, 9.17) is 0 Å². The van der Waals surface area contributed by atoms with Gasteiger partial charge >= 0.3 is 6.18 Å². The highest BCUT2D eigenvalue weighted by Gasteiger charge is 2.39. The minimum Gasteiger partial charge on any atom is -0.331 e. The van der Waals surface area contributed by atoms with Crippen LogP contribution < -0.4 is 4.90 Å². The molecule has 1 aromatic carbocycles. The zero-order valence-electron chi connectivity index (χ0n) is 18.4. The van der Waals surface area contributed by atoms with Gasteiger partial charge in [-0.2, -0.15) is 18.3 Å². The van der Waals surface area contributed by atoms with Gasteiger partial charge in [0.05, 0.1) is 18.3 Å². The van der Waals surface area contributed by atoms with Crippen molar-refractivity contribution in [2.45, 2.75) is 19.3 Å². The Balaban J connectivity index is 1.24. The van der Waals surface area contributed by atoms with Gasteiger partial charge in [0.15, 0.2) is 11.6 Å². The predicted molar refractivity (Wildman–Crippen MR) is 121 cm³/mol. The maximum absolute atomic E-state index is 13.1. The third kappa shape index (κ3) is 4.09. The Morgan fingerprint density at radius 2 is 1.83 bits per heavy atom. The molecule has 1 aliphatic rings. The van der Waals surface area contributed by atoms with E-state index in [0.29, 0.717) is 23.2 Å². The second-order valence-corrected chi connectivity index (χ2v) is 7.94. The number of hydrogen-bond acceptors (Lipinski definition) is 8. The SMILES string of the molecule is FC(F)(F)c1nnc2n1CCN(c1nccc(-c3nccc(C#Cc4ccc5[nH]ncc5c4)n3)n1)C2. The van der Waals surface area contributed by atoms with Gasteiger partial charge in [0.25, 0.3) is 0 Å². The van der Waals surface area contributed by atoms with Crippen molar-refractivity contribution in [2.75, 3.05) is 11.4 Å². The van der Waals surface area contributed by atoms with E-state index < -0.39 is 12.0 Å². The van der Waals surface area contributed by atoms with Crippen LogP contribution in [0.2, 0.25) is 0 Å². The number of nitrogens with zero attached hydrogens (tertiary/aromatic N) is 9. The first kappa shape index (κ1) is 21.7. The molecule has 5 aromatic rings. The highest BCUT2D eigenvalue weighted by atomic mass is 19.4. The van der Waals surface area contributed by atoms with Gasteiger partial charge in [-0.1, -0.05) is 5.92 Å². The molecule has 0 saturated carbocycles. The Morgan fingerprint density at radius 1 is 0.944 bits per heavy atom. The Labute approximate surface area is 201 Å². The van der Waals surface area contributed by atoms with Crippen molar-refractivity contribution in [3.63, 3.8) is 0 Å². The predicted octanol–water partition coefficient (Wildman–Crippen LogP) is 2.84. The molecule has 6 rings (SSSR count). The number of H-pyrrole nitrogens is 1. The summed E-state index contributed by atoms with van der Waals surface area (Å²) in [6, 6.07) is 9.10. The minimum atomic E-state index is -4.55. The van der Waals surface area contributed by atoms with Crippen molar-refractivity contribution < 1.29 is 13.2 Å². The number of alkyl halides is 3. The molecule has 10 nitrogen and oxygen atoms in total. The van der Waals surface area contributed by atoms with E-state index in [1.54, 1.807) is 35.6 Å². The molecule has 4 aromatic heterocycles. The minimum absolute atomic E-state index is 0.0664. The Hall–Kier alpha value is -4.86. The van der Waals surface area contributed by atoms with Crippen molar-refractivity contribution in [3.05, 3.63) is 71.8 Å². The van der Waals surface area contributed by atoms with Crippen LogP contribution >= 0.6 is 0 Å². The summed E-state index contributed by atoms with van der Waals surface area (Å²) in [7, 11) is 0. The summed E-state index contributed by atoms with van der Waals surface area (Å²) in [6.45, 7) is 0.432. The van der Waals surface area contributed by atoms with Gasteiger partial charge in [-0.25, -0.2) is 19.9 Å². The molecule has 1 aliphatic heterocycles. The summed E-state index contributed by atoms with van der Waals surface area (Å²) in [5, 5.41) is 14.9. The number of aromatic amines is 1. The summed E-state index contributed by atoms with van der Waals surface area (Å²) in [5.74, 6) is 6.02. The van der Waals surface area contributed by atoms with Gasteiger partial charge in [0.2, 0.25) is 11.8 Å². The summed E-state index contributed by atoms with van der Waals surface area (Å²) in [6.07, 6.45) is 0.327. The molecule has 0 aliphatic carbocycles. The second kappa shape index (κ2) is 8.42. The van der Waals surface area contributed by atoms with Crippen LogP contribution in [0.5, 0.6) is 0 Å². The molecule has 1 N–H and O–H groups in total. The van der Waals surface area contributed by atoms with Crippen LogP contribution in [0.4, 0.5) is 19.1 Å². The quantitative estimate of drug-likeness (QED) is 0.378. The van der Waals surface area contributed by atoms with Gasteiger partial charge in [-0.15, -0.1) is 10.2 Å². The number of benzene rings is 1. The number of anilines is 1. The fourth-order valence-electron chi connectivity index (χ4n) is 3.87. The molecular weight excluding hydrogens is 473 g/mol. The van der Waals surface area contributed by atoms with E-state index in [1.165, 1.54) is 0 Å². The molecule has 178 valence electrons. The summed E-state index contributed by atoms with van der Waals surface area (Å²) >= 11 is 0. The third-order valence-electron chi connectivity index (χ3n) is 5.59. The number of fused-ring (bicyclic) bond motifs is 2. The summed E-state index contributed by atoms with van der Waals surface area (Å²) < 4.78 is 40.4. The highest BCUT2D eigenvalue weighted by Crippen LogP contribution is 2.30. The summed E-state index contributed by atoms with van der Waals surface area (Å²) in [4.78, 5) is 19.4. The number of rotatable bonds is 2. The molecule has 0 fully saturated rings. The van der Waals surface area contributed by atoms with Crippen LogP contribution in [0.1, 0.15) is 22.9 Å². The lowest BCUT2D eigenvalue weighted by Gasteiger charge is -2.28. The number of hydrogen-bond donors (Lipinski definition) is 1. The van der Waals surface area contributed by atoms with E-state index in [2.05, 4.69) is 52.2 Å². The van der Waals surface area contributed by atoms with Crippen molar-refractivity contribution in [3.8, 4) is 23.4 Å². The van der Waals surface area contributed by atoms with E-state index in [0.717, 1.165) is 21.0 Å². The first-order valence-electron chi connectivity index (χ1n) is 10.8. The molecule has 0 unspecified atom stereocenters. The van der Waals surface area contributed by atoms with Crippen LogP contribution in [0.25, 0.3) is 22.4 Å². The lowest BCUT2D eigenvalue weighted by Crippen LogP contribution is -2.36. The van der Waals surface area contributed by atoms with E-state index in [9.17, 15) is 13.2 Å². The van der Waals surface area contributed by atoms with Crippen LogP contribution in [0.15, 0.2) is 48.9 Å². The lowest BCUT2D eigenvalue weighted by atomic mass is 10.1. The normalized spacial score (nSPS) is 13.4. The average molecular weight is 488 g/mol. The van der Waals surface area contributed by atoms with Crippen molar-refractivity contribution in [2.24, 2.45) is 0 Å². The Bertz CT molecular complexity index is 1640.